The van der Waals surface area contributed by atoms with Crippen LogP contribution in [0.25, 0.3) is 22.3 Å². The summed E-state index contributed by atoms with van der Waals surface area (Å²) in [4.78, 5) is 22.4. The third-order valence-electron chi connectivity index (χ3n) is 5.77. The highest BCUT2D eigenvalue weighted by Crippen LogP contribution is 2.34. The van der Waals surface area contributed by atoms with Crippen LogP contribution in [-0.4, -0.2) is 43.6 Å². The summed E-state index contributed by atoms with van der Waals surface area (Å²) in [7, 11) is 0. The molecule has 33 heavy (non-hydrogen) atoms. The second-order valence-corrected chi connectivity index (χ2v) is 7.89. The second kappa shape index (κ2) is 8.82. The number of fused-ring (bicyclic) bond motifs is 1. The Hall–Kier alpha value is -4.07. The molecule has 0 radical (unpaired) electrons. The van der Waals surface area contributed by atoms with Gasteiger partial charge >= 0.3 is 0 Å². The third-order valence-corrected chi connectivity index (χ3v) is 5.77. The van der Waals surface area contributed by atoms with Gasteiger partial charge in [-0.2, -0.15) is 5.10 Å². The van der Waals surface area contributed by atoms with Crippen molar-refractivity contribution in [2.45, 2.75) is 18.9 Å². The number of rotatable bonds is 5. The van der Waals surface area contributed by atoms with Gasteiger partial charge in [0.15, 0.2) is 5.65 Å². The van der Waals surface area contributed by atoms with E-state index in [0.717, 1.165) is 12.8 Å². The Labute approximate surface area is 190 Å². The molecule has 5 rings (SSSR count). The molecule has 1 atom stereocenters. The van der Waals surface area contributed by atoms with Crippen LogP contribution in [0.5, 0.6) is 11.5 Å². The van der Waals surface area contributed by atoms with Crippen LogP contribution in [0.15, 0.2) is 73.7 Å². The smallest absolute Gasteiger partial charge is 0.246 e. The maximum absolute atomic E-state index is 15.2. The maximum atomic E-state index is 15.2. The molecule has 2 aromatic heterocycles. The van der Waals surface area contributed by atoms with Gasteiger partial charge in [-0.05, 0) is 43.2 Å². The average Bonchev–Trinajstić information content (AvgIpc) is 3.24. The minimum Gasteiger partial charge on any atom is -0.457 e. The molecule has 0 spiro atoms. The maximum Gasteiger partial charge on any atom is 0.246 e. The highest BCUT2D eigenvalue weighted by atomic mass is 19.1. The fourth-order valence-corrected chi connectivity index (χ4v) is 4.19. The number of benzene rings is 2. The van der Waals surface area contributed by atoms with Crippen molar-refractivity contribution in [1.29, 1.82) is 0 Å². The van der Waals surface area contributed by atoms with Crippen LogP contribution < -0.4 is 4.74 Å². The van der Waals surface area contributed by atoms with Gasteiger partial charge in [0.1, 0.15) is 29.3 Å². The van der Waals surface area contributed by atoms with Crippen molar-refractivity contribution in [3.05, 3.63) is 79.5 Å². The molecule has 1 saturated heterocycles. The van der Waals surface area contributed by atoms with Gasteiger partial charge in [0.2, 0.25) is 5.91 Å². The normalized spacial score (nSPS) is 16.0. The quantitative estimate of drug-likeness (QED) is 0.415. The highest BCUT2D eigenvalue weighted by Gasteiger charge is 2.27. The number of hydrogen-bond donors (Lipinski definition) is 0. The summed E-state index contributed by atoms with van der Waals surface area (Å²) < 4.78 is 22.7. The predicted octanol–water partition coefficient (Wildman–Crippen LogP) is 4.77. The second-order valence-electron chi connectivity index (χ2n) is 7.89. The summed E-state index contributed by atoms with van der Waals surface area (Å²) in [5.41, 5.74) is 1.41. The number of piperidine rings is 1. The number of amides is 1. The zero-order valence-corrected chi connectivity index (χ0v) is 17.9. The molecule has 1 aliphatic rings. The molecule has 166 valence electrons. The first kappa shape index (κ1) is 20.8. The van der Waals surface area contributed by atoms with Crippen LogP contribution in [0.1, 0.15) is 18.9 Å². The Morgan fingerprint density at radius 3 is 2.82 bits per heavy atom. The average molecular weight is 443 g/mol. The van der Waals surface area contributed by atoms with E-state index in [1.807, 2.05) is 30.3 Å². The van der Waals surface area contributed by atoms with Crippen molar-refractivity contribution in [1.82, 2.24) is 24.6 Å². The van der Waals surface area contributed by atoms with Crippen molar-refractivity contribution in [3.8, 4) is 22.8 Å². The Kier molecular flexibility index (Phi) is 5.56. The molecular formula is C25H22FN5O2. The molecule has 0 N–H and O–H groups in total. The summed E-state index contributed by atoms with van der Waals surface area (Å²) in [6.45, 7) is 4.76. The molecule has 1 amide bonds. The van der Waals surface area contributed by atoms with Crippen LogP contribution >= 0.6 is 0 Å². The van der Waals surface area contributed by atoms with Crippen LogP contribution in [0.2, 0.25) is 0 Å². The number of carbonyl (C=O) groups is 1. The van der Waals surface area contributed by atoms with Gasteiger partial charge < -0.3 is 9.64 Å². The van der Waals surface area contributed by atoms with Crippen molar-refractivity contribution in [2.75, 3.05) is 13.1 Å². The third kappa shape index (κ3) is 4.07. The van der Waals surface area contributed by atoms with E-state index < -0.39 is 5.82 Å². The van der Waals surface area contributed by atoms with Gasteiger partial charge in [0, 0.05) is 30.9 Å². The molecule has 2 aromatic carbocycles. The number of likely N-dealkylation sites (tertiary alicyclic amines) is 1. The minimum atomic E-state index is -0.453. The molecule has 1 aliphatic heterocycles. The number of hydrogen-bond acceptors (Lipinski definition) is 5. The number of carbonyl (C=O) groups excluding carboxylic acids is 1. The molecule has 7 nitrogen and oxygen atoms in total. The Bertz CT molecular complexity index is 1320. The van der Waals surface area contributed by atoms with E-state index in [1.54, 1.807) is 27.9 Å². The number of aromatic nitrogens is 4. The largest absolute Gasteiger partial charge is 0.457 e. The van der Waals surface area contributed by atoms with Crippen LogP contribution in [0.4, 0.5) is 4.39 Å². The zero-order valence-electron chi connectivity index (χ0n) is 17.9. The number of nitrogens with zero attached hydrogens (tertiary/aromatic N) is 5. The van der Waals surface area contributed by atoms with E-state index in [4.69, 9.17) is 9.84 Å². The van der Waals surface area contributed by atoms with Gasteiger partial charge in [-0.3, -0.25) is 4.79 Å². The van der Waals surface area contributed by atoms with E-state index >= 15 is 4.39 Å². The molecular weight excluding hydrogens is 421 g/mol. The molecule has 0 saturated carbocycles. The lowest BCUT2D eigenvalue weighted by molar-refractivity contribution is -0.127. The van der Waals surface area contributed by atoms with E-state index in [1.165, 1.54) is 18.5 Å². The van der Waals surface area contributed by atoms with Gasteiger partial charge in [-0.25, -0.2) is 19.0 Å². The summed E-state index contributed by atoms with van der Waals surface area (Å²) in [6.07, 6.45) is 6.10. The molecule has 0 aliphatic carbocycles. The van der Waals surface area contributed by atoms with Gasteiger partial charge in [-0.1, -0.05) is 24.8 Å². The molecule has 4 aromatic rings. The fraction of sp³-hybridized carbons (Fsp3) is 0.200. The lowest BCUT2D eigenvalue weighted by Gasteiger charge is -2.32. The molecule has 3 heterocycles. The van der Waals surface area contributed by atoms with Crippen molar-refractivity contribution in [2.24, 2.45) is 0 Å². The minimum absolute atomic E-state index is 0.0717. The van der Waals surface area contributed by atoms with Crippen LogP contribution in [-0.2, 0) is 4.79 Å². The monoisotopic (exact) mass is 443 g/mol. The summed E-state index contributed by atoms with van der Waals surface area (Å²) >= 11 is 0. The summed E-state index contributed by atoms with van der Waals surface area (Å²) in [5.74, 6) is 0.467. The topological polar surface area (TPSA) is 73.1 Å². The Balaban J connectivity index is 1.50. The van der Waals surface area contributed by atoms with Gasteiger partial charge in [-0.15, -0.1) is 0 Å². The molecule has 0 bridgehead atoms. The highest BCUT2D eigenvalue weighted by molar-refractivity contribution is 5.91. The summed E-state index contributed by atoms with van der Waals surface area (Å²) in [6, 6.07) is 13.9. The SMILES string of the molecule is C=CC(=O)N1CCC[C@H](n2nc(-c3ccc(Oc4ccccc4)cc3F)c3cncnc32)C1. The summed E-state index contributed by atoms with van der Waals surface area (Å²) in [5, 5.41) is 5.40. The van der Waals surface area contributed by atoms with Crippen molar-refractivity contribution in [3.63, 3.8) is 0 Å². The molecule has 8 heteroatoms. The fourth-order valence-electron chi connectivity index (χ4n) is 4.19. The molecule has 1 fully saturated rings. The van der Waals surface area contributed by atoms with E-state index in [0.29, 0.717) is 46.9 Å². The molecule has 0 unspecified atom stereocenters. The predicted molar refractivity (Wildman–Crippen MR) is 122 cm³/mol. The number of ether oxygens (including phenoxy) is 1. The van der Waals surface area contributed by atoms with Crippen molar-refractivity contribution >= 4 is 16.9 Å². The van der Waals surface area contributed by atoms with E-state index in [9.17, 15) is 4.79 Å². The van der Waals surface area contributed by atoms with Crippen LogP contribution in [0.3, 0.4) is 0 Å². The van der Waals surface area contributed by atoms with Gasteiger partial charge in [0.05, 0.1) is 11.4 Å². The lowest BCUT2D eigenvalue weighted by atomic mass is 10.1. The first-order chi connectivity index (χ1) is 16.1. The van der Waals surface area contributed by atoms with Gasteiger partial charge in [0.25, 0.3) is 0 Å². The standard InChI is InChI=1S/C25H22FN5O2/c1-2-23(32)30-12-6-7-17(15-30)31-25-21(14-27-16-28-25)24(29-31)20-11-10-19(13-22(20)26)33-18-8-4-3-5-9-18/h2-5,8-11,13-14,16-17H,1,6-7,12,15H2/t17-/m0/s1. The Morgan fingerprint density at radius 1 is 1.18 bits per heavy atom. The lowest BCUT2D eigenvalue weighted by Crippen LogP contribution is -2.40. The Morgan fingerprint density at radius 2 is 2.03 bits per heavy atom. The van der Waals surface area contributed by atoms with Crippen molar-refractivity contribution < 1.29 is 13.9 Å². The van der Waals surface area contributed by atoms with E-state index in [2.05, 4.69) is 16.5 Å². The number of halogens is 1. The first-order valence-electron chi connectivity index (χ1n) is 10.8. The zero-order chi connectivity index (χ0) is 22.8. The first-order valence-corrected chi connectivity index (χ1v) is 10.8. The van der Waals surface area contributed by atoms with E-state index in [-0.39, 0.29) is 11.9 Å². The number of para-hydroxylation sites is 1. The van der Waals surface area contributed by atoms with Crippen LogP contribution in [0, 0.1) is 5.82 Å².